The van der Waals surface area contributed by atoms with Crippen LogP contribution < -0.4 is 0 Å². The number of aromatic nitrogens is 4. The number of hydrogen-bond donors (Lipinski definition) is 0. The summed E-state index contributed by atoms with van der Waals surface area (Å²) in [5.41, 5.74) is 2.57. The summed E-state index contributed by atoms with van der Waals surface area (Å²) >= 11 is 0. The van der Waals surface area contributed by atoms with E-state index in [9.17, 15) is 8.42 Å². The van der Waals surface area contributed by atoms with Crippen molar-refractivity contribution in [1.82, 2.24) is 24.1 Å². The van der Waals surface area contributed by atoms with Crippen LogP contribution in [0.15, 0.2) is 24.8 Å². The zero-order chi connectivity index (χ0) is 17.2. The Bertz CT molecular complexity index is 802. The van der Waals surface area contributed by atoms with Gasteiger partial charge in [0.05, 0.1) is 30.0 Å². The molecule has 7 nitrogen and oxygen atoms in total. The summed E-state index contributed by atoms with van der Waals surface area (Å²) < 4.78 is 27.0. The van der Waals surface area contributed by atoms with E-state index in [1.54, 1.807) is 18.6 Å². The molecule has 8 heteroatoms. The standard InChI is InChI=1S/C16H23N5O2S/c1-3-6-20-11-14(8-18-20)16-10-17-9-15(19-16)13-5-4-7-21(12-13)24(2,22)23/h8-11,13H,3-7,12H2,1-2H3/t13-/m1/s1. The molecule has 0 amide bonds. The summed E-state index contributed by atoms with van der Waals surface area (Å²) in [6.45, 7) is 4.05. The van der Waals surface area contributed by atoms with E-state index in [0.717, 1.165) is 42.8 Å². The maximum atomic E-state index is 11.8. The molecule has 1 aliphatic rings. The van der Waals surface area contributed by atoms with Crippen molar-refractivity contribution in [2.75, 3.05) is 19.3 Å². The van der Waals surface area contributed by atoms with Crippen molar-refractivity contribution < 1.29 is 8.42 Å². The minimum absolute atomic E-state index is 0.0895. The smallest absolute Gasteiger partial charge is 0.211 e. The first kappa shape index (κ1) is 17.0. The molecule has 0 unspecified atom stereocenters. The first-order valence-electron chi connectivity index (χ1n) is 8.27. The maximum Gasteiger partial charge on any atom is 0.211 e. The Balaban J connectivity index is 1.82. The third-order valence-corrected chi connectivity index (χ3v) is 5.58. The molecule has 2 aromatic heterocycles. The fraction of sp³-hybridized carbons (Fsp3) is 0.562. The third kappa shape index (κ3) is 3.81. The number of hydrogen-bond acceptors (Lipinski definition) is 5. The maximum absolute atomic E-state index is 11.8. The van der Waals surface area contributed by atoms with Gasteiger partial charge < -0.3 is 0 Å². The number of sulfonamides is 1. The SMILES string of the molecule is CCCn1cc(-c2cncc([C@@H]3CCCN(S(C)(=O)=O)C3)n2)cn1. The Morgan fingerprint density at radius 3 is 2.88 bits per heavy atom. The topological polar surface area (TPSA) is 81.0 Å². The predicted molar refractivity (Wildman–Crippen MR) is 91.9 cm³/mol. The van der Waals surface area contributed by atoms with Crippen molar-refractivity contribution in [1.29, 1.82) is 0 Å². The molecule has 3 heterocycles. The van der Waals surface area contributed by atoms with Crippen LogP contribution in [0.1, 0.15) is 37.8 Å². The third-order valence-electron chi connectivity index (χ3n) is 4.31. The van der Waals surface area contributed by atoms with Gasteiger partial charge in [-0.1, -0.05) is 6.92 Å². The summed E-state index contributed by atoms with van der Waals surface area (Å²) in [6.07, 6.45) is 11.3. The van der Waals surface area contributed by atoms with Crippen LogP contribution in [0.5, 0.6) is 0 Å². The van der Waals surface area contributed by atoms with Gasteiger partial charge in [0, 0.05) is 43.5 Å². The highest BCUT2D eigenvalue weighted by atomic mass is 32.2. The number of aryl methyl sites for hydroxylation is 1. The van der Waals surface area contributed by atoms with Crippen LogP contribution in [-0.2, 0) is 16.6 Å². The number of nitrogens with zero attached hydrogens (tertiary/aromatic N) is 5. The quantitative estimate of drug-likeness (QED) is 0.823. The van der Waals surface area contributed by atoms with Gasteiger partial charge in [0.2, 0.25) is 10.0 Å². The molecule has 0 N–H and O–H groups in total. The van der Waals surface area contributed by atoms with Crippen molar-refractivity contribution >= 4 is 10.0 Å². The van der Waals surface area contributed by atoms with Crippen LogP contribution in [0.25, 0.3) is 11.3 Å². The Hall–Kier alpha value is -1.80. The van der Waals surface area contributed by atoms with Gasteiger partial charge in [-0.3, -0.25) is 9.67 Å². The highest BCUT2D eigenvalue weighted by Gasteiger charge is 2.28. The number of piperidine rings is 1. The molecule has 3 rings (SSSR count). The lowest BCUT2D eigenvalue weighted by Gasteiger charge is -2.30. The van der Waals surface area contributed by atoms with Crippen LogP contribution >= 0.6 is 0 Å². The lowest BCUT2D eigenvalue weighted by molar-refractivity contribution is 0.314. The highest BCUT2D eigenvalue weighted by molar-refractivity contribution is 7.88. The van der Waals surface area contributed by atoms with Crippen LogP contribution in [0.3, 0.4) is 0 Å². The van der Waals surface area contributed by atoms with Crippen LogP contribution in [0.2, 0.25) is 0 Å². The van der Waals surface area contributed by atoms with Crippen molar-refractivity contribution in [2.24, 2.45) is 0 Å². The molecule has 0 aliphatic carbocycles. The van der Waals surface area contributed by atoms with E-state index in [1.165, 1.54) is 10.6 Å². The average Bonchev–Trinajstić information content (AvgIpc) is 3.03. The minimum Gasteiger partial charge on any atom is -0.272 e. The number of rotatable bonds is 5. The summed E-state index contributed by atoms with van der Waals surface area (Å²) in [4.78, 5) is 9.03. The van der Waals surface area contributed by atoms with Gasteiger partial charge in [0.1, 0.15) is 0 Å². The molecule has 130 valence electrons. The van der Waals surface area contributed by atoms with E-state index in [0.29, 0.717) is 13.1 Å². The van der Waals surface area contributed by atoms with Crippen LogP contribution in [0.4, 0.5) is 0 Å². The second-order valence-electron chi connectivity index (χ2n) is 6.28. The van der Waals surface area contributed by atoms with Gasteiger partial charge in [-0.2, -0.15) is 5.10 Å². The van der Waals surface area contributed by atoms with Gasteiger partial charge in [-0.15, -0.1) is 0 Å². The molecule has 1 saturated heterocycles. The minimum atomic E-state index is -3.16. The summed E-state index contributed by atoms with van der Waals surface area (Å²) in [7, 11) is -3.16. The van der Waals surface area contributed by atoms with Gasteiger partial charge in [0.25, 0.3) is 0 Å². The Labute approximate surface area is 142 Å². The van der Waals surface area contributed by atoms with Crippen molar-refractivity contribution in [3.63, 3.8) is 0 Å². The van der Waals surface area contributed by atoms with Gasteiger partial charge >= 0.3 is 0 Å². The molecule has 1 fully saturated rings. The monoisotopic (exact) mass is 349 g/mol. The predicted octanol–water partition coefficient (Wildman–Crippen LogP) is 1.89. The van der Waals surface area contributed by atoms with Crippen molar-refractivity contribution in [3.8, 4) is 11.3 Å². The lowest BCUT2D eigenvalue weighted by Crippen LogP contribution is -2.38. The van der Waals surface area contributed by atoms with E-state index in [-0.39, 0.29) is 5.92 Å². The van der Waals surface area contributed by atoms with E-state index in [4.69, 9.17) is 4.98 Å². The normalized spacial score (nSPS) is 19.5. The molecule has 0 aromatic carbocycles. The zero-order valence-corrected chi connectivity index (χ0v) is 14.9. The van der Waals surface area contributed by atoms with E-state index >= 15 is 0 Å². The van der Waals surface area contributed by atoms with Crippen molar-refractivity contribution in [2.45, 2.75) is 38.6 Å². The Morgan fingerprint density at radius 1 is 1.29 bits per heavy atom. The van der Waals surface area contributed by atoms with Gasteiger partial charge in [-0.25, -0.2) is 17.7 Å². The van der Waals surface area contributed by atoms with Crippen molar-refractivity contribution in [3.05, 3.63) is 30.5 Å². The average molecular weight is 349 g/mol. The summed E-state index contributed by atoms with van der Waals surface area (Å²) in [5.74, 6) is 0.0895. The first-order chi connectivity index (χ1) is 11.5. The fourth-order valence-corrected chi connectivity index (χ4v) is 3.96. The fourth-order valence-electron chi connectivity index (χ4n) is 3.05. The molecule has 0 saturated carbocycles. The molecule has 1 atom stereocenters. The summed E-state index contributed by atoms with van der Waals surface area (Å²) in [6, 6.07) is 0. The molecular weight excluding hydrogens is 326 g/mol. The van der Waals surface area contributed by atoms with E-state index in [1.807, 2.05) is 10.9 Å². The van der Waals surface area contributed by atoms with Crippen LogP contribution in [-0.4, -0.2) is 51.8 Å². The molecular formula is C16H23N5O2S. The zero-order valence-electron chi connectivity index (χ0n) is 14.1. The second-order valence-corrected chi connectivity index (χ2v) is 8.26. The van der Waals surface area contributed by atoms with Gasteiger partial charge in [-0.05, 0) is 19.3 Å². The largest absolute Gasteiger partial charge is 0.272 e. The Kier molecular flexibility index (Phi) is 4.96. The second kappa shape index (κ2) is 6.98. The Morgan fingerprint density at radius 2 is 2.12 bits per heavy atom. The molecule has 2 aromatic rings. The van der Waals surface area contributed by atoms with E-state index in [2.05, 4.69) is 17.0 Å². The molecule has 1 aliphatic heterocycles. The first-order valence-corrected chi connectivity index (χ1v) is 10.1. The summed E-state index contributed by atoms with van der Waals surface area (Å²) in [5, 5.41) is 4.33. The highest BCUT2D eigenvalue weighted by Crippen LogP contribution is 2.28. The molecule has 0 bridgehead atoms. The molecule has 0 radical (unpaired) electrons. The molecule has 24 heavy (non-hydrogen) atoms. The van der Waals surface area contributed by atoms with Gasteiger partial charge in [0.15, 0.2) is 0 Å². The van der Waals surface area contributed by atoms with E-state index < -0.39 is 10.0 Å². The molecule has 0 spiro atoms. The lowest BCUT2D eigenvalue weighted by atomic mass is 9.96. The van der Waals surface area contributed by atoms with Crippen LogP contribution in [0, 0.1) is 0 Å².